The topological polar surface area (TPSA) is 52.6 Å². The Bertz CT molecular complexity index is 492. The quantitative estimate of drug-likeness (QED) is 0.731. The monoisotopic (exact) mass is 234 g/mol. The maximum Gasteiger partial charge on any atom is 0.339 e. The van der Waals surface area contributed by atoms with Gasteiger partial charge in [0.2, 0.25) is 0 Å². The number of esters is 1. The number of carbonyl (C=O) groups is 2. The van der Waals surface area contributed by atoms with E-state index in [9.17, 15) is 9.59 Å². The minimum absolute atomic E-state index is 0.153. The smallest absolute Gasteiger partial charge is 0.339 e. The van der Waals surface area contributed by atoms with Crippen molar-refractivity contribution in [3.63, 3.8) is 0 Å². The Labute approximate surface area is 99.5 Å². The van der Waals surface area contributed by atoms with Crippen LogP contribution in [0, 0.1) is 0 Å². The van der Waals surface area contributed by atoms with Gasteiger partial charge < -0.3 is 9.47 Å². The van der Waals surface area contributed by atoms with Crippen LogP contribution in [0.4, 0.5) is 0 Å². The molecule has 17 heavy (non-hydrogen) atoms. The van der Waals surface area contributed by atoms with Crippen LogP contribution in [0.2, 0.25) is 0 Å². The van der Waals surface area contributed by atoms with Gasteiger partial charge in [-0.1, -0.05) is 0 Å². The molecule has 1 aromatic carbocycles. The van der Waals surface area contributed by atoms with E-state index in [1.807, 2.05) is 0 Å². The van der Waals surface area contributed by atoms with Crippen molar-refractivity contribution >= 4 is 11.8 Å². The maximum atomic E-state index is 11.8. The highest BCUT2D eigenvalue weighted by Gasteiger charge is 2.40. The Morgan fingerprint density at radius 1 is 1.47 bits per heavy atom. The average molecular weight is 234 g/mol. The molecule has 0 aromatic heterocycles. The average Bonchev–Trinajstić information content (AvgIpc) is 2.27. The molecule has 0 saturated carbocycles. The van der Waals surface area contributed by atoms with Gasteiger partial charge in [0, 0.05) is 6.42 Å². The second-order valence-corrected chi connectivity index (χ2v) is 4.38. The van der Waals surface area contributed by atoms with Crippen molar-refractivity contribution in [1.82, 2.24) is 0 Å². The molecule has 1 atom stereocenters. The largest absolute Gasteiger partial charge is 0.497 e. The van der Waals surface area contributed by atoms with Crippen LogP contribution in [0.25, 0.3) is 0 Å². The summed E-state index contributed by atoms with van der Waals surface area (Å²) in [6.07, 6.45) is 0.389. The van der Waals surface area contributed by atoms with Gasteiger partial charge in [-0.2, -0.15) is 0 Å². The van der Waals surface area contributed by atoms with Gasteiger partial charge in [0.05, 0.1) is 12.7 Å². The predicted octanol–water partition coefficient (Wildman–Crippen LogP) is 1.76. The number of carbonyl (C=O) groups excluding carboxylic acids is 2. The molecule has 0 amide bonds. The van der Waals surface area contributed by atoms with E-state index < -0.39 is 11.6 Å². The van der Waals surface area contributed by atoms with Crippen molar-refractivity contribution in [2.75, 3.05) is 7.11 Å². The van der Waals surface area contributed by atoms with E-state index in [0.717, 1.165) is 5.56 Å². The van der Waals surface area contributed by atoms with Gasteiger partial charge in [-0.15, -0.1) is 0 Å². The zero-order valence-corrected chi connectivity index (χ0v) is 10.1. The third-order valence-corrected chi connectivity index (χ3v) is 3.12. The Morgan fingerprint density at radius 3 is 2.76 bits per heavy atom. The van der Waals surface area contributed by atoms with Crippen molar-refractivity contribution in [2.45, 2.75) is 25.9 Å². The van der Waals surface area contributed by atoms with E-state index in [-0.39, 0.29) is 5.78 Å². The summed E-state index contributed by atoms with van der Waals surface area (Å²) in [5.74, 6) is 0.0651. The summed E-state index contributed by atoms with van der Waals surface area (Å²) in [6, 6.07) is 5.14. The molecule has 0 fully saturated rings. The second-order valence-electron chi connectivity index (χ2n) is 4.38. The molecule has 0 N–H and O–H groups in total. The number of methoxy groups -OCH3 is 1. The van der Waals surface area contributed by atoms with E-state index in [1.54, 1.807) is 32.2 Å². The lowest BCUT2D eigenvalue weighted by Crippen LogP contribution is -2.44. The van der Waals surface area contributed by atoms with E-state index in [0.29, 0.717) is 17.7 Å². The summed E-state index contributed by atoms with van der Waals surface area (Å²) in [6.45, 7) is 3.06. The van der Waals surface area contributed by atoms with Crippen LogP contribution < -0.4 is 4.74 Å². The van der Waals surface area contributed by atoms with Crippen LogP contribution in [0.1, 0.15) is 29.8 Å². The molecule has 1 aliphatic heterocycles. The van der Waals surface area contributed by atoms with Gasteiger partial charge in [0.15, 0.2) is 11.4 Å². The lowest BCUT2D eigenvalue weighted by Gasteiger charge is -2.32. The Balaban J connectivity index is 2.47. The first kappa shape index (κ1) is 11.6. The van der Waals surface area contributed by atoms with Gasteiger partial charge in [-0.3, -0.25) is 4.79 Å². The fourth-order valence-corrected chi connectivity index (χ4v) is 1.90. The molecule has 0 radical (unpaired) electrons. The number of ether oxygens (including phenoxy) is 2. The molecule has 1 aliphatic rings. The highest BCUT2D eigenvalue weighted by Crippen LogP contribution is 2.31. The van der Waals surface area contributed by atoms with Crippen molar-refractivity contribution in [2.24, 2.45) is 0 Å². The van der Waals surface area contributed by atoms with E-state index in [1.165, 1.54) is 6.92 Å². The zero-order valence-electron chi connectivity index (χ0n) is 10.1. The van der Waals surface area contributed by atoms with Crippen LogP contribution in [-0.2, 0) is 16.0 Å². The van der Waals surface area contributed by atoms with Gasteiger partial charge in [0.25, 0.3) is 0 Å². The molecule has 0 spiro atoms. The van der Waals surface area contributed by atoms with Crippen molar-refractivity contribution in [3.05, 3.63) is 29.3 Å². The number of fused-ring (bicyclic) bond motifs is 1. The number of ketones is 1. The van der Waals surface area contributed by atoms with Crippen LogP contribution in [0.5, 0.6) is 5.75 Å². The molecule has 90 valence electrons. The maximum absolute atomic E-state index is 11.8. The Kier molecular flexibility index (Phi) is 2.65. The fourth-order valence-electron chi connectivity index (χ4n) is 1.90. The fraction of sp³-hybridized carbons (Fsp3) is 0.385. The number of cyclic esters (lactones) is 1. The molecule has 2 rings (SSSR count). The van der Waals surface area contributed by atoms with E-state index in [2.05, 4.69) is 0 Å². The summed E-state index contributed by atoms with van der Waals surface area (Å²) >= 11 is 0. The predicted molar refractivity (Wildman–Crippen MR) is 61.2 cm³/mol. The molecule has 4 nitrogen and oxygen atoms in total. The SMILES string of the molecule is COc1ccc2c(c1)CC(C)(C(C)=O)OC2=O. The first-order valence-electron chi connectivity index (χ1n) is 5.37. The number of hydrogen-bond donors (Lipinski definition) is 0. The van der Waals surface area contributed by atoms with Crippen LogP contribution in [-0.4, -0.2) is 24.5 Å². The highest BCUT2D eigenvalue weighted by atomic mass is 16.6. The van der Waals surface area contributed by atoms with E-state index >= 15 is 0 Å². The lowest BCUT2D eigenvalue weighted by atomic mass is 9.87. The van der Waals surface area contributed by atoms with Gasteiger partial charge in [0.1, 0.15) is 5.75 Å². The molecule has 1 aromatic rings. The summed E-state index contributed by atoms with van der Waals surface area (Å²) in [5, 5.41) is 0. The molecular formula is C13H14O4. The first-order valence-corrected chi connectivity index (χ1v) is 5.37. The highest BCUT2D eigenvalue weighted by molar-refractivity contribution is 5.97. The summed E-state index contributed by atoms with van der Waals surface area (Å²) in [4.78, 5) is 23.3. The van der Waals surface area contributed by atoms with Gasteiger partial charge >= 0.3 is 5.97 Å². The minimum Gasteiger partial charge on any atom is -0.497 e. The third-order valence-electron chi connectivity index (χ3n) is 3.12. The summed E-state index contributed by atoms with van der Waals surface area (Å²) in [5.41, 5.74) is 0.235. The molecule has 0 aliphatic carbocycles. The van der Waals surface area contributed by atoms with Crippen LogP contribution in [0.15, 0.2) is 18.2 Å². The Hall–Kier alpha value is -1.84. The normalized spacial score (nSPS) is 22.6. The minimum atomic E-state index is -1.06. The Morgan fingerprint density at radius 2 is 2.18 bits per heavy atom. The summed E-state index contributed by atoms with van der Waals surface area (Å²) in [7, 11) is 1.56. The van der Waals surface area contributed by atoms with Crippen molar-refractivity contribution in [1.29, 1.82) is 0 Å². The van der Waals surface area contributed by atoms with Crippen LogP contribution in [0.3, 0.4) is 0 Å². The van der Waals surface area contributed by atoms with Crippen LogP contribution >= 0.6 is 0 Å². The zero-order chi connectivity index (χ0) is 12.6. The number of benzene rings is 1. The van der Waals surface area contributed by atoms with E-state index in [4.69, 9.17) is 9.47 Å². The van der Waals surface area contributed by atoms with Gasteiger partial charge in [-0.05, 0) is 37.6 Å². The number of hydrogen-bond acceptors (Lipinski definition) is 4. The van der Waals surface area contributed by atoms with Gasteiger partial charge in [-0.25, -0.2) is 4.79 Å². The number of Topliss-reactive ketones (excluding diaryl/α,β-unsaturated/α-hetero) is 1. The first-order chi connectivity index (χ1) is 7.96. The second kappa shape index (κ2) is 3.87. The molecule has 0 bridgehead atoms. The molecule has 4 heteroatoms. The standard InChI is InChI=1S/C13H14O4/c1-8(14)13(2)7-9-6-10(16-3)4-5-11(9)12(15)17-13/h4-6H,7H2,1-3H3. The molecular weight excluding hydrogens is 220 g/mol. The molecule has 0 saturated heterocycles. The van der Waals surface area contributed by atoms with Crippen molar-refractivity contribution in [3.8, 4) is 5.75 Å². The molecule has 1 unspecified atom stereocenters. The lowest BCUT2D eigenvalue weighted by molar-refractivity contribution is -0.135. The summed E-state index contributed by atoms with van der Waals surface area (Å²) < 4.78 is 10.3. The van der Waals surface area contributed by atoms with Crippen molar-refractivity contribution < 1.29 is 19.1 Å². The molecule has 1 heterocycles. The number of rotatable bonds is 2. The third kappa shape index (κ3) is 1.90.